The number of nitrogens with zero attached hydrogens (tertiary/aromatic N) is 4. The van der Waals surface area contributed by atoms with E-state index < -0.39 is 12.1 Å². The van der Waals surface area contributed by atoms with E-state index in [-0.39, 0.29) is 24.2 Å². The average molecular weight is 433 g/mol. The summed E-state index contributed by atoms with van der Waals surface area (Å²) in [7, 11) is 2.85. The fourth-order valence-electron chi connectivity index (χ4n) is 2.99. The van der Waals surface area contributed by atoms with E-state index >= 15 is 0 Å². The zero-order chi connectivity index (χ0) is 21.8. The molecular weight excluding hydrogens is 412 g/mol. The maximum absolute atomic E-state index is 12.9. The number of aliphatic hydroxyl groups is 1. The summed E-state index contributed by atoms with van der Waals surface area (Å²) >= 11 is 5.95. The first-order valence-electron chi connectivity index (χ1n) is 9.06. The van der Waals surface area contributed by atoms with Gasteiger partial charge in [0.2, 0.25) is 5.88 Å². The molecule has 1 aromatic carbocycles. The van der Waals surface area contributed by atoms with E-state index in [1.807, 2.05) is 0 Å². The minimum atomic E-state index is -1.14. The van der Waals surface area contributed by atoms with Crippen molar-refractivity contribution in [3.63, 3.8) is 0 Å². The molecule has 3 rings (SSSR count). The molecule has 0 saturated heterocycles. The summed E-state index contributed by atoms with van der Waals surface area (Å²) in [5.74, 6) is -0.513. The van der Waals surface area contributed by atoms with Gasteiger partial charge >= 0.3 is 12.0 Å². The van der Waals surface area contributed by atoms with Gasteiger partial charge in [-0.15, -0.1) is 0 Å². The van der Waals surface area contributed by atoms with Crippen LogP contribution in [0.3, 0.4) is 0 Å². The SMILES string of the molecule is CCOC(=O)c1c(C(O)c2ccc(Cl)cc2)c(C)nn1-c1cnc(OC)nc1OC. The van der Waals surface area contributed by atoms with E-state index in [0.29, 0.717) is 27.5 Å². The van der Waals surface area contributed by atoms with Gasteiger partial charge in [-0.2, -0.15) is 10.1 Å². The van der Waals surface area contributed by atoms with Crippen LogP contribution in [0.2, 0.25) is 5.02 Å². The van der Waals surface area contributed by atoms with Crippen molar-refractivity contribution in [3.05, 3.63) is 58.0 Å². The number of hydrogen-bond donors (Lipinski definition) is 1. The number of esters is 1. The predicted octanol–water partition coefficient (Wildman–Crippen LogP) is 2.90. The molecule has 30 heavy (non-hydrogen) atoms. The molecular formula is C20H21ClN4O5. The number of aromatic nitrogens is 4. The molecule has 0 fully saturated rings. The van der Waals surface area contributed by atoms with Crippen LogP contribution in [0.5, 0.6) is 11.9 Å². The number of halogens is 1. The van der Waals surface area contributed by atoms with Crippen LogP contribution < -0.4 is 9.47 Å². The number of rotatable bonds is 7. The normalized spacial score (nSPS) is 11.8. The molecule has 0 aliphatic heterocycles. The smallest absolute Gasteiger partial charge is 0.357 e. The van der Waals surface area contributed by atoms with Crippen molar-refractivity contribution in [1.29, 1.82) is 0 Å². The van der Waals surface area contributed by atoms with Crippen molar-refractivity contribution in [2.24, 2.45) is 0 Å². The molecule has 3 aromatic rings. The van der Waals surface area contributed by atoms with Gasteiger partial charge in [-0.3, -0.25) is 0 Å². The average Bonchev–Trinajstić information content (AvgIpc) is 3.10. The molecule has 158 valence electrons. The third-order valence-electron chi connectivity index (χ3n) is 4.35. The lowest BCUT2D eigenvalue weighted by atomic mass is 9.99. The van der Waals surface area contributed by atoms with Crippen molar-refractivity contribution >= 4 is 17.6 Å². The third-order valence-corrected chi connectivity index (χ3v) is 4.60. The Morgan fingerprint density at radius 1 is 1.23 bits per heavy atom. The zero-order valence-electron chi connectivity index (χ0n) is 16.9. The molecule has 9 nitrogen and oxygen atoms in total. The van der Waals surface area contributed by atoms with Crippen LogP contribution in [0.15, 0.2) is 30.5 Å². The minimum absolute atomic E-state index is 0.0452. The fraction of sp³-hybridized carbons (Fsp3) is 0.300. The second-order valence-corrected chi connectivity index (χ2v) is 6.62. The Bertz CT molecular complexity index is 1050. The molecule has 2 heterocycles. The maximum Gasteiger partial charge on any atom is 0.357 e. The van der Waals surface area contributed by atoms with Crippen LogP contribution in [-0.2, 0) is 4.74 Å². The molecule has 1 N–H and O–H groups in total. The van der Waals surface area contributed by atoms with Gasteiger partial charge in [0.1, 0.15) is 11.8 Å². The first-order valence-corrected chi connectivity index (χ1v) is 9.44. The highest BCUT2D eigenvalue weighted by Gasteiger charge is 2.30. The van der Waals surface area contributed by atoms with Crippen LogP contribution in [0, 0.1) is 6.92 Å². The molecule has 10 heteroatoms. The van der Waals surface area contributed by atoms with Crippen molar-refractivity contribution in [1.82, 2.24) is 19.7 Å². The van der Waals surface area contributed by atoms with E-state index in [2.05, 4.69) is 15.1 Å². The molecule has 2 aromatic heterocycles. The lowest BCUT2D eigenvalue weighted by Gasteiger charge is -2.15. The Balaban J connectivity index is 2.21. The highest BCUT2D eigenvalue weighted by molar-refractivity contribution is 6.30. The number of carbonyl (C=O) groups is 1. The molecule has 1 atom stereocenters. The van der Waals surface area contributed by atoms with Crippen molar-refractivity contribution in [2.45, 2.75) is 20.0 Å². The summed E-state index contributed by atoms with van der Waals surface area (Å²) in [4.78, 5) is 21.1. The zero-order valence-corrected chi connectivity index (χ0v) is 17.7. The van der Waals surface area contributed by atoms with Crippen LogP contribution in [-0.4, -0.2) is 51.7 Å². The maximum atomic E-state index is 12.9. The van der Waals surface area contributed by atoms with E-state index in [0.717, 1.165) is 0 Å². The highest BCUT2D eigenvalue weighted by Crippen LogP contribution is 2.32. The summed E-state index contributed by atoms with van der Waals surface area (Å²) in [6, 6.07) is 6.76. The summed E-state index contributed by atoms with van der Waals surface area (Å²) < 4.78 is 16.9. The van der Waals surface area contributed by atoms with Gasteiger partial charge in [-0.25, -0.2) is 14.5 Å². The van der Waals surface area contributed by atoms with Gasteiger partial charge in [0, 0.05) is 10.6 Å². The van der Waals surface area contributed by atoms with Crippen molar-refractivity contribution in [3.8, 4) is 17.6 Å². The van der Waals surface area contributed by atoms with Gasteiger partial charge in [-0.1, -0.05) is 23.7 Å². The number of aliphatic hydroxyl groups excluding tert-OH is 1. The lowest BCUT2D eigenvalue weighted by Crippen LogP contribution is -2.17. The molecule has 0 aliphatic rings. The summed E-state index contributed by atoms with van der Waals surface area (Å²) in [6.07, 6.45) is 0.277. The largest absolute Gasteiger partial charge is 0.479 e. The fourth-order valence-corrected chi connectivity index (χ4v) is 3.11. The Hall–Kier alpha value is -3.17. The standard InChI is InChI=1S/C20H21ClN4O5/c1-5-30-19(27)16-15(17(26)12-6-8-13(21)9-7-12)11(2)24-25(16)14-10-22-20(29-4)23-18(14)28-3/h6-10,17,26H,5H2,1-4H3. The van der Waals surface area contributed by atoms with Gasteiger partial charge in [-0.05, 0) is 31.5 Å². The monoisotopic (exact) mass is 432 g/mol. The predicted molar refractivity (Wildman–Crippen MR) is 108 cm³/mol. The second-order valence-electron chi connectivity index (χ2n) is 6.19. The number of ether oxygens (including phenoxy) is 3. The summed E-state index contributed by atoms with van der Waals surface area (Å²) in [5.41, 5.74) is 1.61. The van der Waals surface area contributed by atoms with E-state index in [1.165, 1.54) is 25.1 Å². The highest BCUT2D eigenvalue weighted by atomic mass is 35.5. The van der Waals surface area contributed by atoms with Crippen LogP contribution in [0.4, 0.5) is 0 Å². The Labute approximate surface area is 178 Å². The summed E-state index contributed by atoms with van der Waals surface area (Å²) in [6.45, 7) is 3.53. The number of aryl methyl sites for hydroxylation is 1. The van der Waals surface area contributed by atoms with Crippen molar-refractivity contribution in [2.75, 3.05) is 20.8 Å². The van der Waals surface area contributed by atoms with Gasteiger partial charge < -0.3 is 19.3 Å². The van der Waals surface area contributed by atoms with E-state index in [9.17, 15) is 9.90 Å². The molecule has 0 amide bonds. The third kappa shape index (κ3) is 4.07. The number of carbonyl (C=O) groups excluding carboxylic acids is 1. The molecule has 0 radical (unpaired) electrons. The van der Waals surface area contributed by atoms with Gasteiger partial charge in [0.25, 0.3) is 0 Å². The number of hydrogen-bond acceptors (Lipinski definition) is 8. The van der Waals surface area contributed by atoms with Crippen LogP contribution in [0.1, 0.15) is 40.3 Å². The number of benzene rings is 1. The topological polar surface area (TPSA) is 109 Å². The molecule has 1 unspecified atom stereocenters. The molecule has 0 aliphatic carbocycles. The lowest BCUT2D eigenvalue weighted by molar-refractivity contribution is 0.0510. The van der Waals surface area contributed by atoms with Gasteiger partial charge in [0.15, 0.2) is 5.69 Å². The quantitative estimate of drug-likeness (QED) is 0.567. The van der Waals surface area contributed by atoms with E-state index in [1.54, 1.807) is 38.1 Å². The first kappa shape index (κ1) is 21.5. The minimum Gasteiger partial charge on any atom is -0.479 e. The van der Waals surface area contributed by atoms with Crippen LogP contribution in [0.25, 0.3) is 5.69 Å². The van der Waals surface area contributed by atoms with Crippen molar-refractivity contribution < 1.29 is 24.1 Å². The molecule has 0 saturated carbocycles. The summed E-state index contributed by atoms with van der Waals surface area (Å²) in [5, 5.41) is 16.0. The number of methoxy groups -OCH3 is 2. The van der Waals surface area contributed by atoms with Gasteiger partial charge in [0.05, 0.1) is 32.7 Å². The Morgan fingerprint density at radius 3 is 2.53 bits per heavy atom. The van der Waals surface area contributed by atoms with E-state index in [4.69, 9.17) is 25.8 Å². The molecule has 0 spiro atoms. The first-order chi connectivity index (χ1) is 14.4. The Kier molecular flexibility index (Phi) is 6.53. The second kappa shape index (κ2) is 9.10. The van der Waals surface area contributed by atoms with Crippen LogP contribution >= 0.6 is 11.6 Å². The molecule has 0 bridgehead atoms. The Morgan fingerprint density at radius 2 is 1.93 bits per heavy atom.